The molecule has 1 fully saturated rings. The summed E-state index contributed by atoms with van der Waals surface area (Å²) < 4.78 is 91.9. The first-order valence-corrected chi connectivity index (χ1v) is 7.77. The quantitative estimate of drug-likeness (QED) is 0.763. The van der Waals surface area contributed by atoms with Crippen molar-refractivity contribution < 1.29 is 35.8 Å². The van der Waals surface area contributed by atoms with Crippen molar-refractivity contribution in [2.24, 2.45) is 0 Å². The number of aromatic nitrogens is 1. The number of aliphatic hydroxyl groups excluding tert-OH is 1. The van der Waals surface area contributed by atoms with Crippen molar-refractivity contribution in [3.05, 3.63) is 40.2 Å². The zero-order valence-corrected chi connectivity index (χ0v) is 13.4. The van der Waals surface area contributed by atoms with Gasteiger partial charge in [-0.2, -0.15) is 26.3 Å². The minimum Gasteiger partial charge on any atom is -0.382 e. The molecule has 0 bridgehead atoms. The molecule has 1 unspecified atom stereocenters. The summed E-state index contributed by atoms with van der Waals surface area (Å²) in [4.78, 5) is 14.5. The summed E-state index contributed by atoms with van der Waals surface area (Å²) in [5.74, 6) is 0. The van der Waals surface area contributed by atoms with Crippen LogP contribution in [-0.2, 0) is 6.18 Å². The number of benzene rings is 1. The van der Waals surface area contributed by atoms with Crippen molar-refractivity contribution in [1.29, 1.82) is 0 Å². The number of aliphatic hydroxyl groups is 1. The van der Waals surface area contributed by atoms with Gasteiger partial charge in [0, 0.05) is 35.6 Å². The molecular formula is C16H13F7N2O2. The molecule has 0 aliphatic carbocycles. The second-order valence-electron chi connectivity index (χ2n) is 6.31. The van der Waals surface area contributed by atoms with Crippen LogP contribution in [0.25, 0.3) is 10.9 Å². The molecule has 1 saturated heterocycles. The summed E-state index contributed by atoms with van der Waals surface area (Å²) in [6, 6.07) is 1.88. The highest BCUT2D eigenvalue weighted by atomic mass is 19.4. The Kier molecular flexibility index (Phi) is 4.61. The van der Waals surface area contributed by atoms with Crippen molar-refractivity contribution in [1.82, 2.24) is 4.98 Å². The molecule has 11 heteroatoms. The molecule has 3 atom stereocenters. The molecule has 2 aromatic rings. The van der Waals surface area contributed by atoms with Crippen LogP contribution >= 0.6 is 0 Å². The largest absolute Gasteiger partial charge is 0.417 e. The van der Waals surface area contributed by atoms with E-state index in [1.807, 2.05) is 0 Å². The topological polar surface area (TPSA) is 56.3 Å². The van der Waals surface area contributed by atoms with Gasteiger partial charge in [-0.3, -0.25) is 4.79 Å². The number of anilines is 1. The summed E-state index contributed by atoms with van der Waals surface area (Å²) in [5.41, 5.74) is -2.53. The van der Waals surface area contributed by atoms with E-state index >= 15 is 0 Å². The zero-order chi connectivity index (χ0) is 20.1. The molecule has 27 heavy (non-hydrogen) atoms. The van der Waals surface area contributed by atoms with E-state index in [9.17, 15) is 40.6 Å². The van der Waals surface area contributed by atoms with Crippen LogP contribution in [0.5, 0.6) is 0 Å². The van der Waals surface area contributed by atoms with Gasteiger partial charge < -0.3 is 15.0 Å². The van der Waals surface area contributed by atoms with Gasteiger partial charge in [-0.1, -0.05) is 0 Å². The fourth-order valence-electron chi connectivity index (χ4n) is 3.28. The highest BCUT2D eigenvalue weighted by Gasteiger charge is 2.49. The van der Waals surface area contributed by atoms with Crippen LogP contribution in [0.1, 0.15) is 12.0 Å². The van der Waals surface area contributed by atoms with E-state index in [1.54, 1.807) is 0 Å². The highest BCUT2D eigenvalue weighted by molar-refractivity contribution is 5.86. The predicted octanol–water partition coefficient (Wildman–Crippen LogP) is 3.39. The van der Waals surface area contributed by atoms with Crippen molar-refractivity contribution in [2.75, 3.05) is 11.4 Å². The number of hydrogen-bond acceptors (Lipinski definition) is 3. The van der Waals surface area contributed by atoms with E-state index in [-0.39, 0.29) is 11.2 Å². The maximum atomic E-state index is 13.7. The van der Waals surface area contributed by atoms with E-state index in [0.29, 0.717) is 6.07 Å². The fraction of sp³-hybridized carbons (Fsp3) is 0.438. The first-order valence-electron chi connectivity index (χ1n) is 7.77. The Bertz CT molecular complexity index is 906. The Hall–Kier alpha value is -2.30. The van der Waals surface area contributed by atoms with Gasteiger partial charge >= 0.3 is 12.4 Å². The normalized spacial score (nSPS) is 22.4. The average Bonchev–Trinajstić information content (AvgIpc) is 2.92. The molecule has 0 saturated carbocycles. The lowest BCUT2D eigenvalue weighted by molar-refractivity contribution is -0.209. The van der Waals surface area contributed by atoms with Crippen LogP contribution < -0.4 is 10.5 Å². The van der Waals surface area contributed by atoms with Gasteiger partial charge in [0.05, 0.1) is 11.6 Å². The van der Waals surface area contributed by atoms with Crippen LogP contribution in [0.15, 0.2) is 29.1 Å². The molecule has 2 heterocycles. The van der Waals surface area contributed by atoms with E-state index in [2.05, 4.69) is 4.98 Å². The Morgan fingerprint density at radius 1 is 1.15 bits per heavy atom. The van der Waals surface area contributed by atoms with Gasteiger partial charge in [0.2, 0.25) is 5.56 Å². The third-order valence-electron chi connectivity index (χ3n) is 4.46. The Morgan fingerprint density at radius 3 is 2.41 bits per heavy atom. The second-order valence-corrected chi connectivity index (χ2v) is 6.31. The van der Waals surface area contributed by atoms with Crippen LogP contribution in [0.4, 0.5) is 36.4 Å². The number of pyridine rings is 1. The van der Waals surface area contributed by atoms with Gasteiger partial charge in [0.1, 0.15) is 6.17 Å². The minimum absolute atomic E-state index is 0.117. The zero-order valence-electron chi connectivity index (χ0n) is 13.4. The van der Waals surface area contributed by atoms with Crippen molar-refractivity contribution in [3.8, 4) is 0 Å². The van der Waals surface area contributed by atoms with Crippen LogP contribution in [-0.4, -0.2) is 41.1 Å². The third kappa shape index (κ3) is 3.73. The lowest BCUT2D eigenvalue weighted by Gasteiger charge is -2.31. The molecule has 148 valence electrons. The molecule has 3 rings (SSSR count). The van der Waals surface area contributed by atoms with Gasteiger partial charge in [-0.25, -0.2) is 4.39 Å². The van der Waals surface area contributed by atoms with E-state index < -0.39 is 60.1 Å². The summed E-state index contributed by atoms with van der Waals surface area (Å²) in [6.45, 7) is -0.506. The molecular weight excluding hydrogens is 385 g/mol. The molecule has 4 nitrogen and oxygen atoms in total. The van der Waals surface area contributed by atoms with E-state index in [4.69, 9.17) is 0 Å². The number of halogens is 7. The van der Waals surface area contributed by atoms with Crippen LogP contribution in [0, 0.1) is 0 Å². The average molecular weight is 398 g/mol. The monoisotopic (exact) mass is 398 g/mol. The Labute approximate surface area is 147 Å². The van der Waals surface area contributed by atoms with Gasteiger partial charge in [-0.05, 0) is 18.2 Å². The smallest absolute Gasteiger partial charge is 0.382 e. The SMILES string of the molecule is O=c1cc(C(F)(F)F)c2cc(N3CC(F)C[C@@H]3[C@H](O)C(F)(F)F)ccc2[nH]1. The number of H-pyrrole nitrogens is 1. The summed E-state index contributed by atoms with van der Waals surface area (Å²) in [6.07, 6.45) is -15.0. The van der Waals surface area contributed by atoms with Crippen LogP contribution in [0.3, 0.4) is 0 Å². The van der Waals surface area contributed by atoms with Crippen molar-refractivity contribution >= 4 is 16.6 Å². The standard InChI is InChI=1S/C16H13F7N2O2/c17-7-3-12(14(27)16(21,22)23)25(6-7)8-1-2-11-9(4-8)10(15(18,19)20)5-13(26)24-11/h1-2,4-5,7,12,14,27H,3,6H2,(H,24,26)/t7?,12-,14+/m1/s1. The van der Waals surface area contributed by atoms with Crippen LogP contribution in [0.2, 0.25) is 0 Å². The lowest BCUT2D eigenvalue weighted by atomic mass is 10.0. The van der Waals surface area contributed by atoms with Gasteiger partial charge in [-0.15, -0.1) is 0 Å². The predicted molar refractivity (Wildman–Crippen MR) is 82.3 cm³/mol. The van der Waals surface area contributed by atoms with E-state index in [1.165, 1.54) is 6.07 Å². The Balaban J connectivity index is 2.11. The molecule has 2 N–H and O–H groups in total. The number of hydrogen-bond donors (Lipinski definition) is 2. The Morgan fingerprint density at radius 2 is 1.81 bits per heavy atom. The maximum absolute atomic E-state index is 13.7. The maximum Gasteiger partial charge on any atom is 0.417 e. The molecule has 0 radical (unpaired) electrons. The number of fused-ring (bicyclic) bond motifs is 1. The summed E-state index contributed by atoms with van der Waals surface area (Å²) in [7, 11) is 0. The second kappa shape index (κ2) is 6.39. The summed E-state index contributed by atoms with van der Waals surface area (Å²) >= 11 is 0. The third-order valence-corrected chi connectivity index (χ3v) is 4.46. The highest BCUT2D eigenvalue weighted by Crippen LogP contribution is 2.38. The van der Waals surface area contributed by atoms with Gasteiger partial charge in [0.15, 0.2) is 6.10 Å². The van der Waals surface area contributed by atoms with E-state index in [0.717, 1.165) is 17.0 Å². The number of nitrogens with zero attached hydrogens (tertiary/aromatic N) is 1. The van der Waals surface area contributed by atoms with Crippen molar-refractivity contribution in [2.45, 2.75) is 37.1 Å². The number of alkyl halides is 7. The number of rotatable bonds is 2. The molecule has 1 aromatic heterocycles. The minimum atomic E-state index is -5.01. The lowest BCUT2D eigenvalue weighted by Crippen LogP contribution is -2.47. The van der Waals surface area contributed by atoms with Crippen molar-refractivity contribution in [3.63, 3.8) is 0 Å². The molecule has 1 aliphatic rings. The number of aromatic amines is 1. The first-order chi connectivity index (χ1) is 12.4. The molecule has 0 spiro atoms. The molecule has 1 aliphatic heterocycles. The molecule has 0 amide bonds. The number of nitrogens with one attached hydrogen (secondary N) is 1. The fourth-order valence-corrected chi connectivity index (χ4v) is 3.28. The summed E-state index contributed by atoms with van der Waals surface area (Å²) in [5, 5.41) is 9.07. The van der Waals surface area contributed by atoms with Gasteiger partial charge in [0.25, 0.3) is 0 Å². The molecule has 1 aromatic carbocycles. The first kappa shape index (κ1) is 19.5.